The van der Waals surface area contributed by atoms with Crippen molar-refractivity contribution in [1.29, 1.82) is 0 Å². The summed E-state index contributed by atoms with van der Waals surface area (Å²) in [6.45, 7) is 3.74. The van der Waals surface area contributed by atoms with Gasteiger partial charge in [-0.3, -0.25) is 9.59 Å². The average molecular weight is 580 g/mol. The van der Waals surface area contributed by atoms with Gasteiger partial charge in [0.05, 0.1) is 17.5 Å². The van der Waals surface area contributed by atoms with E-state index in [2.05, 4.69) is 21.3 Å². The molecule has 0 aromatic carbocycles. The van der Waals surface area contributed by atoms with E-state index in [1.807, 2.05) is 11.8 Å². The topological polar surface area (TPSA) is 155 Å². The predicted molar refractivity (Wildman–Crippen MR) is 148 cm³/mol. The van der Waals surface area contributed by atoms with Crippen molar-refractivity contribution in [3.8, 4) is 0 Å². The highest BCUT2D eigenvalue weighted by molar-refractivity contribution is 8.00. The monoisotopic (exact) mass is 579 g/mol. The highest BCUT2D eigenvalue weighted by Crippen LogP contribution is 2.34. The molecule has 0 spiro atoms. The van der Waals surface area contributed by atoms with Crippen molar-refractivity contribution in [2.24, 2.45) is 5.41 Å². The summed E-state index contributed by atoms with van der Waals surface area (Å²) in [5, 5.41) is 13.2. The van der Waals surface area contributed by atoms with Crippen LogP contribution in [0.4, 0.5) is 9.59 Å². The highest BCUT2D eigenvalue weighted by Gasteiger charge is 2.43. The number of hydrogen-bond donors (Lipinski definition) is 4. The molecular formula is C27H41N5O7S. The fraction of sp³-hybridized carbons (Fsp3) is 0.741. The lowest BCUT2D eigenvalue weighted by Gasteiger charge is -2.29. The molecular weight excluding hydrogens is 538 g/mol. The van der Waals surface area contributed by atoms with Crippen molar-refractivity contribution in [3.63, 3.8) is 0 Å². The van der Waals surface area contributed by atoms with Gasteiger partial charge in [-0.2, -0.15) is 11.8 Å². The molecule has 3 heterocycles. The number of nitrogens with one attached hydrogen (secondary N) is 4. The Labute approximate surface area is 239 Å². The second-order valence-corrected chi connectivity index (χ2v) is 12.4. The van der Waals surface area contributed by atoms with E-state index in [0.717, 1.165) is 38.0 Å². The molecule has 0 aromatic heterocycles. The molecule has 3 aliphatic heterocycles. The van der Waals surface area contributed by atoms with Crippen LogP contribution in [0.1, 0.15) is 71.1 Å². The Bertz CT molecular complexity index is 978. The standard InChI is InChI=1S/C27H41N5O7S/c1-27(24(35)39-32-21(33)10-11-22(32)34)12-5-7-18(8-6-13-27)38-26(37)29-16-15-28-14-4-2-3-9-20-23-19(17-40-20)30-25(36)31-23/h5,7,18-20,23,28H,2-4,6,8-17H2,1H3,(H,29,37)(H2,30,31,36)/b7-5+. The largest absolute Gasteiger partial charge is 0.442 e. The molecule has 4 N–H and O–H groups in total. The summed E-state index contributed by atoms with van der Waals surface area (Å²) in [6.07, 6.45) is 9.23. The van der Waals surface area contributed by atoms with E-state index in [0.29, 0.717) is 49.1 Å². The number of ether oxygens (including phenoxy) is 1. The fourth-order valence-electron chi connectivity index (χ4n) is 5.48. The Morgan fingerprint density at radius 1 is 1.10 bits per heavy atom. The lowest BCUT2D eigenvalue weighted by molar-refractivity contribution is -0.205. The predicted octanol–water partition coefficient (Wildman–Crippen LogP) is 2.14. The van der Waals surface area contributed by atoms with Gasteiger partial charge in [-0.25, -0.2) is 14.4 Å². The van der Waals surface area contributed by atoms with Crippen LogP contribution >= 0.6 is 11.8 Å². The van der Waals surface area contributed by atoms with Gasteiger partial charge < -0.3 is 30.8 Å². The number of hydroxylamine groups is 2. The van der Waals surface area contributed by atoms with E-state index < -0.39 is 35.4 Å². The van der Waals surface area contributed by atoms with Crippen LogP contribution in [0.2, 0.25) is 0 Å². The van der Waals surface area contributed by atoms with Gasteiger partial charge in [0, 0.05) is 36.9 Å². The summed E-state index contributed by atoms with van der Waals surface area (Å²) in [7, 11) is 0. The van der Waals surface area contributed by atoms with Crippen LogP contribution in [0.5, 0.6) is 0 Å². The molecule has 3 fully saturated rings. The van der Waals surface area contributed by atoms with Gasteiger partial charge >= 0.3 is 18.1 Å². The summed E-state index contributed by atoms with van der Waals surface area (Å²) in [4.78, 5) is 65.1. The van der Waals surface area contributed by atoms with Crippen LogP contribution in [0.15, 0.2) is 12.2 Å². The number of carbonyl (C=O) groups excluding carboxylic acids is 5. The van der Waals surface area contributed by atoms with Crippen molar-refractivity contribution < 1.29 is 33.5 Å². The molecule has 0 aromatic rings. The molecule has 1 aliphatic carbocycles. The van der Waals surface area contributed by atoms with Gasteiger partial charge in [-0.1, -0.05) is 18.9 Å². The number of thioether (sulfide) groups is 1. The van der Waals surface area contributed by atoms with Gasteiger partial charge in [0.15, 0.2) is 0 Å². The number of allylic oxidation sites excluding steroid dienone is 1. The lowest BCUT2D eigenvalue weighted by atomic mass is 9.80. The van der Waals surface area contributed by atoms with Crippen LogP contribution in [0.25, 0.3) is 0 Å². The van der Waals surface area contributed by atoms with Gasteiger partial charge in [-0.15, -0.1) is 5.06 Å². The molecule has 13 heteroatoms. The Hall–Kier alpha value is -2.80. The number of urea groups is 1. The van der Waals surface area contributed by atoms with E-state index >= 15 is 0 Å². The molecule has 3 saturated heterocycles. The van der Waals surface area contributed by atoms with Crippen LogP contribution in [-0.4, -0.2) is 83.8 Å². The van der Waals surface area contributed by atoms with Gasteiger partial charge in [0.1, 0.15) is 6.10 Å². The zero-order valence-electron chi connectivity index (χ0n) is 23.1. The quantitative estimate of drug-likeness (QED) is 0.118. The molecule has 0 saturated carbocycles. The molecule has 5 amide bonds. The zero-order chi connectivity index (χ0) is 28.5. The van der Waals surface area contributed by atoms with Crippen molar-refractivity contribution in [3.05, 3.63) is 12.2 Å². The van der Waals surface area contributed by atoms with Crippen molar-refractivity contribution >= 4 is 41.7 Å². The highest BCUT2D eigenvalue weighted by atomic mass is 32.2. The molecule has 4 rings (SSSR count). The summed E-state index contributed by atoms with van der Waals surface area (Å²) in [6, 6.07) is 0.508. The maximum absolute atomic E-state index is 12.7. The third-order valence-electron chi connectivity index (χ3n) is 7.92. The maximum atomic E-state index is 12.7. The maximum Gasteiger partial charge on any atom is 0.407 e. The third kappa shape index (κ3) is 8.12. The van der Waals surface area contributed by atoms with E-state index in [4.69, 9.17) is 9.57 Å². The van der Waals surface area contributed by atoms with Crippen LogP contribution in [-0.2, 0) is 24.0 Å². The molecule has 4 aliphatic rings. The minimum atomic E-state index is -0.873. The molecule has 12 nitrogen and oxygen atoms in total. The molecule has 222 valence electrons. The van der Waals surface area contributed by atoms with Crippen LogP contribution < -0.4 is 21.3 Å². The lowest BCUT2D eigenvalue weighted by Crippen LogP contribution is -2.39. The summed E-state index contributed by atoms with van der Waals surface area (Å²) in [5.41, 5.74) is -0.873. The number of alkyl carbamates (subject to hydrolysis) is 1. The molecule has 40 heavy (non-hydrogen) atoms. The minimum Gasteiger partial charge on any atom is -0.442 e. The van der Waals surface area contributed by atoms with Gasteiger partial charge in [0.25, 0.3) is 11.8 Å². The first-order valence-corrected chi connectivity index (χ1v) is 15.4. The van der Waals surface area contributed by atoms with Crippen molar-refractivity contribution in [2.45, 2.75) is 94.6 Å². The SMILES string of the molecule is CC1(C(=O)ON2C(=O)CCC2=O)C/C=C/C(OC(=O)NCCNCCCCCC2SCC3NC(=O)NC32)CCC1. The molecule has 0 radical (unpaired) electrons. The number of hydrogen-bond acceptors (Lipinski definition) is 9. The van der Waals surface area contributed by atoms with Crippen LogP contribution in [0, 0.1) is 5.41 Å². The van der Waals surface area contributed by atoms with Gasteiger partial charge in [0.2, 0.25) is 0 Å². The van der Waals surface area contributed by atoms with Gasteiger partial charge in [-0.05, 0) is 58.1 Å². The number of fused-ring (bicyclic) bond motifs is 1. The minimum absolute atomic E-state index is 0.0384. The number of carbonyl (C=O) groups is 5. The Morgan fingerprint density at radius 3 is 2.70 bits per heavy atom. The Morgan fingerprint density at radius 2 is 1.90 bits per heavy atom. The first-order chi connectivity index (χ1) is 19.2. The van der Waals surface area contributed by atoms with E-state index in [-0.39, 0.29) is 31.0 Å². The third-order valence-corrected chi connectivity index (χ3v) is 9.43. The average Bonchev–Trinajstić information content (AvgIpc) is 3.56. The summed E-state index contributed by atoms with van der Waals surface area (Å²) < 4.78 is 5.53. The first-order valence-electron chi connectivity index (χ1n) is 14.3. The second kappa shape index (κ2) is 14.2. The smallest absolute Gasteiger partial charge is 0.407 e. The number of unbranched alkanes of at least 4 members (excludes halogenated alkanes) is 2. The second-order valence-electron chi connectivity index (χ2n) is 11.1. The first kappa shape index (κ1) is 30.2. The van der Waals surface area contributed by atoms with Crippen molar-refractivity contribution in [1.82, 2.24) is 26.3 Å². The normalized spacial score (nSPS) is 30.6. The zero-order valence-corrected chi connectivity index (χ0v) is 23.9. The fourth-order valence-corrected chi connectivity index (χ4v) is 7.02. The van der Waals surface area contributed by atoms with E-state index in [1.165, 1.54) is 0 Å². The van der Waals surface area contributed by atoms with E-state index in [1.54, 1.807) is 19.1 Å². The molecule has 0 bridgehead atoms. The molecule has 5 atom stereocenters. The van der Waals surface area contributed by atoms with Crippen molar-refractivity contribution in [2.75, 3.05) is 25.4 Å². The number of rotatable bonds is 12. The number of nitrogens with zero attached hydrogens (tertiary/aromatic N) is 1. The summed E-state index contributed by atoms with van der Waals surface area (Å²) >= 11 is 1.95. The molecule has 5 unspecified atom stereocenters. The van der Waals surface area contributed by atoms with Crippen LogP contribution in [0.3, 0.4) is 0 Å². The van der Waals surface area contributed by atoms with E-state index in [9.17, 15) is 24.0 Å². The number of amides is 5. The number of imide groups is 1. The Balaban J connectivity index is 1.03. The summed E-state index contributed by atoms with van der Waals surface area (Å²) in [5.74, 6) is -0.603. The Kier molecular flexibility index (Phi) is 10.7.